The minimum atomic E-state index is -4.39. The molecule has 4 nitrogen and oxygen atoms in total. The highest BCUT2D eigenvalue weighted by atomic mass is 19.4. The van der Waals surface area contributed by atoms with Gasteiger partial charge in [-0.05, 0) is 29.8 Å². The summed E-state index contributed by atoms with van der Waals surface area (Å²) in [7, 11) is 2.58. The Hall–Kier alpha value is -2.57. The van der Waals surface area contributed by atoms with Crippen molar-refractivity contribution in [3.8, 4) is 17.0 Å². The van der Waals surface area contributed by atoms with E-state index in [2.05, 4.69) is 9.72 Å². The Labute approximate surface area is 124 Å². The molecule has 1 aromatic heterocycles. The van der Waals surface area contributed by atoms with Crippen LogP contribution in [0.3, 0.4) is 0 Å². The summed E-state index contributed by atoms with van der Waals surface area (Å²) in [4.78, 5) is 15.4. The van der Waals surface area contributed by atoms with Crippen LogP contribution in [0.1, 0.15) is 16.1 Å². The molecule has 116 valence electrons. The summed E-state index contributed by atoms with van der Waals surface area (Å²) < 4.78 is 47.3. The average molecular weight is 311 g/mol. The molecule has 0 unspecified atom stereocenters. The van der Waals surface area contributed by atoms with Crippen LogP contribution in [0.15, 0.2) is 36.4 Å². The quantitative estimate of drug-likeness (QED) is 0.813. The molecule has 0 saturated heterocycles. The number of methoxy groups -OCH3 is 2. The van der Waals surface area contributed by atoms with E-state index in [1.54, 1.807) is 6.07 Å². The third-order valence-electron chi connectivity index (χ3n) is 2.97. The summed E-state index contributed by atoms with van der Waals surface area (Å²) in [5, 5.41) is 0. The van der Waals surface area contributed by atoms with Crippen LogP contribution in [0, 0.1) is 0 Å². The lowest BCUT2D eigenvalue weighted by Crippen LogP contribution is -2.06. The molecule has 0 atom stereocenters. The first kappa shape index (κ1) is 15.8. The van der Waals surface area contributed by atoms with Gasteiger partial charge in [0, 0.05) is 5.56 Å². The van der Waals surface area contributed by atoms with Gasteiger partial charge >= 0.3 is 12.1 Å². The fraction of sp³-hybridized carbons (Fsp3) is 0.200. The predicted octanol–water partition coefficient (Wildman–Crippen LogP) is 3.56. The summed E-state index contributed by atoms with van der Waals surface area (Å²) in [6, 6.07) is 7.55. The number of carbonyl (C=O) groups excluding carboxylic acids is 1. The molecule has 1 aromatic carbocycles. The maximum absolute atomic E-state index is 12.6. The number of aromatic nitrogens is 1. The molecular formula is C15H12F3NO3. The number of nitrogens with zero attached hydrogens (tertiary/aromatic N) is 1. The van der Waals surface area contributed by atoms with Crippen LogP contribution < -0.4 is 4.74 Å². The zero-order valence-corrected chi connectivity index (χ0v) is 11.8. The topological polar surface area (TPSA) is 48.4 Å². The zero-order valence-electron chi connectivity index (χ0n) is 11.8. The number of hydrogen-bond acceptors (Lipinski definition) is 4. The van der Waals surface area contributed by atoms with E-state index in [1.807, 2.05) is 0 Å². The van der Waals surface area contributed by atoms with E-state index in [4.69, 9.17) is 4.74 Å². The molecule has 0 N–H and O–H groups in total. The van der Waals surface area contributed by atoms with Gasteiger partial charge < -0.3 is 9.47 Å². The monoisotopic (exact) mass is 311 g/mol. The molecule has 0 fully saturated rings. The molecule has 2 aromatic rings. The number of ether oxygens (including phenoxy) is 2. The smallest absolute Gasteiger partial charge is 0.416 e. The first-order chi connectivity index (χ1) is 10.4. The van der Waals surface area contributed by atoms with Crippen LogP contribution >= 0.6 is 0 Å². The van der Waals surface area contributed by atoms with Crippen molar-refractivity contribution in [3.63, 3.8) is 0 Å². The molecule has 22 heavy (non-hydrogen) atoms. The Kier molecular flexibility index (Phi) is 4.35. The van der Waals surface area contributed by atoms with Crippen molar-refractivity contribution in [2.45, 2.75) is 6.18 Å². The fourth-order valence-electron chi connectivity index (χ4n) is 1.87. The molecule has 0 aliphatic heterocycles. The van der Waals surface area contributed by atoms with E-state index in [-0.39, 0.29) is 11.6 Å². The highest BCUT2D eigenvalue weighted by molar-refractivity contribution is 5.88. The van der Waals surface area contributed by atoms with Gasteiger partial charge in [-0.15, -0.1) is 0 Å². The minimum Gasteiger partial charge on any atom is -0.481 e. The van der Waals surface area contributed by atoms with Gasteiger partial charge in [-0.2, -0.15) is 13.2 Å². The van der Waals surface area contributed by atoms with E-state index in [9.17, 15) is 18.0 Å². The van der Waals surface area contributed by atoms with Crippen molar-refractivity contribution in [1.29, 1.82) is 0 Å². The van der Waals surface area contributed by atoms with E-state index < -0.39 is 17.7 Å². The van der Waals surface area contributed by atoms with Crippen LogP contribution in [0.25, 0.3) is 11.1 Å². The van der Waals surface area contributed by atoms with Gasteiger partial charge in [0.05, 0.1) is 19.8 Å². The molecule has 0 radical (unpaired) electrons. The van der Waals surface area contributed by atoms with Crippen molar-refractivity contribution in [3.05, 3.63) is 47.7 Å². The molecule has 0 spiro atoms. The number of hydrogen-bond donors (Lipinski definition) is 0. The number of esters is 1. The number of rotatable bonds is 3. The Morgan fingerprint density at radius 2 is 1.68 bits per heavy atom. The molecule has 0 aliphatic carbocycles. The predicted molar refractivity (Wildman–Crippen MR) is 72.6 cm³/mol. The van der Waals surface area contributed by atoms with E-state index in [0.29, 0.717) is 11.1 Å². The summed E-state index contributed by atoms with van der Waals surface area (Å²) in [6.45, 7) is 0. The summed E-state index contributed by atoms with van der Waals surface area (Å²) in [5.74, 6) is -0.500. The van der Waals surface area contributed by atoms with E-state index >= 15 is 0 Å². The molecule has 0 aliphatic rings. The van der Waals surface area contributed by atoms with Crippen molar-refractivity contribution in [2.75, 3.05) is 14.2 Å². The van der Waals surface area contributed by atoms with Gasteiger partial charge in [0.25, 0.3) is 0 Å². The van der Waals surface area contributed by atoms with E-state index in [1.165, 1.54) is 32.4 Å². The second-order valence-electron chi connectivity index (χ2n) is 4.32. The molecule has 0 saturated carbocycles. The largest absolute Gasteiger partial charge is 0.481 e. The third kappa shape index (κ3) is 3.19. The van der Waals surface area contributed by atoms with Gasteiger partial charge in [0.2, 0.25) is 5.88 Å². The Balaban J connectivity index is 2.42. The zero-order chi connectivity index (χ0) is 16.3. The van der Waals surface area contributed by atoms with Gasteiger partial charge in [-0.1, -0.05) is 12.1 Å². The van der Waals surface area contributed by atoms with Crippen molar-refractivity contribution in [1.82, 2.24) is 4.98 Å². The van der Waals surface area contributed by atoms with Gasteiger partial charge in [0.1, 0.15) is 0 Å². The van der Waals surface area contributed by atoms with Gasteiger partial charge in [0.15, 0.2) is 5.69 Å². The first-order valence-electron chi connectivity index (χ1n) is 6.18. The second-order valence-corrected chi connectivity index (χ2v) is 4.32. The number of pyridine rings is 1. The van der Waals surface area contributed by atoms with Crippen LogP contribution in [0.5, 0.6) is 5.88 Å². The lowest BCUT2D eigenvalue weighted by atomic mass is 10.0. The number of benzene rings is 1. The summed E-state index contributed by atoms with van der Waals surface area (Å²) in [5.41, 5.74) is 0.280. The van der Waals surface area contributed by atoms with E-state index in [0.717, 1.165) is 12.1 Å². The number of halogens is 3. The number of carbonyl (C=O) groups is 1. The van der Waals surface area contributed by atoms with Crippen LogP contribution in [0.2, 0.25) is 0 Å². The number of alkyl halides is 3. The van der Waals surface area contributed by atoms with Crippen LogP contribution in [-0.4, -0.2) is 25.2 Å². The fourth-order valence-corrected chi connectivity index (χ4v) is 1.87. The summed E-state index contributed by atoms with van der Waals surface area (Å²) >= 11 is 0. The standard InChI is InChI=1S/C15H12F3NO3/c1-21-13-11(7-8-12(19-13)14(20)22-2)9-3-5-10(6-4-9)15(16,17)18/h3-8H,1-2H3. The maximum atomic E-state index is 12.6. The SMILES string of the molecule is COC(=O)c1ccc(-c2ccc(C(F)(F)F)cc2)c(OC)n1. The van der Waals surface area contributed by atoms with Crippen LogP contribution in [-0.2, 0) is 10.9 Å². The van der Waals surface area contributed by atoms with Gasteiger partial charge in [-0.3, -0.25) is 0 Å². The Bertz CT molecular complexity index is 681. The molecule has 1 heterocycles. The minimum absolute atomic E-state index is 0.0509. The third-order valence-corrected chi connectivity index (χ3v) is 2.97. The molecule has 7 heteroatoms. The summed E-state index contributed by atoms with van der Waals surface area (Å²) in [6.07, 6.45) is -4.39. The highest BCUT2D eigenvalue weighted by Crippen LogP contribution is 2.33. The molecule has 2 rings (SSSR count). The molecule has 0 bridgehead atoms. The molecule has 0 amide bonds. The van der Waals surface area contributed by atoms with Gasteiger partial charge in [-0.25, -0.2) is 9.78 Å². The molecular weight excluding hydrogens is 299 g/mol. The Morgan fingerprint density at radius 3 is 2.18 bits per heavy atom. The second kappa shape index (κ2) is 6.05. The van der Waals surface area contributed by atoms with Crippen molar-refractivity contribution >= 4 is 5.97 Å². The van der Waals surface area contributed by atoms with Crippen LogP contribution in [0.4, 0.5) is 13.2 Å². The lowest BCUT2D eigenvalue weighted by Gasteiger charge is -2.11. The normalized spacial score (nSPS) is 11.1. The average Bonchev–Trinajstić information content (AvgIpc) is 2.52. The highest BCUT2D eigenvalue weighted by Gasteiger charge is 2.30. The first-order valence-corrected chi connectivity index (χ1v) is 6.18. The van der Waals surface area contributed by atoms with Crippen molar-refractivity contribution < 1.29 is 27.4 Å². The lowest BCUT2D eigenvalue weighted by molar-refractivity contribution is -0.137. The Morgan fingerprint density at radius 1 is 1.05 bits per heavy atom. The maximum Gasteiger partial charge on any atom is 0.416 e. The van der Waals surface area contributed by atoms with Crippen molar-refractivity contribution in [2.24, 2.45) is 0 Å².